The second-order valence-corrected chi connectivity index (χ2v) is 4.74. The highest BCUT2D eigenvalue weighted by atomic mass is 19.1. The van der Waals surface area contributed by atoms with Gasteiger partial charge in [0, 0.05) is 24.6 Å². The van der Waals surface area contributed by atoms with Gasteiger partial charge in [0.15, 0.2) is 0 Å². The van der Waals surface area contributed by atoms with Crippen molar-refractivity contribution in [3.8, 4) is 0 Å². The number of rotatable bonds is 2. The fourth-order valence-corrected chi connectivity index (χ4v) is 2.34. The van der Waals surface area contributed by atoms with Crippen molar-refractivity contribution >= 4 is 0 Å². The minimum atomic E-state index is -0.500. The molecule has 16 heavy (non-hydrogen) atoms. The van der Waals surface area contributed by atoms with Gasteiger partial charge in [0.25, 0.3) is 0 Å². The fraction of sp³-hybridized carbons (Fsp3) is 0.538. The number of hydrogen-bond acceptors (Lipinski definition) is 1. The summed E-state index contributed by atoms with van der Waals surface area (Å²) < 4.78 is 26.4. The molecule has 1 aliphatic heterocycles. The van der Waals surface area contributed by atoms with Crippen LogP contribution < -0.4 is 0 Å². The first-order valence-electron chi connectivity index (χ1n) is 5.77. The van der Waals surface area contributed by atoms with Crippen molar-refractivity contribution < 1.29 is 8.78 Å². The predicted molar refractivity (Wildman–Crippen MR) is 60.4 cm³/mol. The molecule has 1 heterocycles. The summed E-state index contributed by atoms with van der Waals surface area (Å²) in [5, 5.41) is 0. The highest BCUT2D eigenvalue weighted by Crippen LogP contribution is 2.30. The number of halogens is 2. The van der Waals surface area contributed by atoms with E-state index in [9.17, 15) is 8.78 Å². The predicted octanol–water partition coefficient (Wildman–Crippen LogP) is 3.16. The molecular formula is C13H17F2N. The average Bonchev–Trinajstić information content (AvgIpc) is 2.66. The summed E-state index contributed by atoms with van der Waals surface area (Å²) in [6, 6.07) is 4.40. The maximum absolute atomic E-state index is 13.6. The molecule has 1 unspecified atom stereocenters. The third kappa shape index (κ3) is 2.24. The van der Waals surface area contributed by atoms with Gasteiger partial charge in [-0.05, 0) is 38.4 Å². The average molecular weight is 225 g/mol. The van der Waals surface area contributed by atoms with Crippen LogP contribution in [0.15, 0.2) is 18.2 Å². The molecule has 0 radical (unpaired) electrons. The van der Waals surface area contributed by atoms with Crippen LogP contribution >= 0.6 is 0 Å². The molecule has 2 rings (SSSR count). The Kier molecular flexibility index (Phi) is 3.24. The lowest BCUT2D eigenvalue weighted by molar-refractivity contribution is 0.272. The molecule has 1 aromatic carbocycles. The van der Waals surface area contributed by atoms with Crippen LogP contribution in [-0.2, 0) is 0 Å². The smallest absolute Gasteiger partial charge is 0.129 e. The number of hydrogen-bond donors (Lipinski definition) is 0. The zero-order valence-corrected chi connectivity index (χ0v) is 9.71. The van der Waals surface area contributed by atoms with Crippen molar-refractivity contribution in [2.24, 2.45) is 0 Å². The molecule has 1 saturated heterocycles. The molecular weight excluding hydrogens is 208 g/mol. The van der Waals surface area contributed by atoms with Crippen molar-refractivity contribution in [3.63, 3.8) is 0 Å². The highest BCUT2D eigenvalue weighted by molar-refractivity contribution is 5.24. The van der Waals surface area contributed by atoms with Crippen LogP contribution in [0.4, 0.5) is 8.78 Å². The lowest BCUT2D eigenvalue weighted by atomic mass is 9.98. The van der Waals surface area contributed by atoms with Crippen LogP contribution in [0.25, 0.3) is 0 Å². The van der Waals surface area contributed by atoms with Gasteiger partial charge < -0.3 is 4.90 Å². The van der Waals surface area contributed by atoms with Crippen molar-refractivity contribution in [2.75, 3.05) is 13.1 Å². The van der Waals surface area contributed by atoms with Crippen LogP contribution in [0.3, 0.4) is 0 Å². The number of likely N-dealkylation sites (tertiary alicyclic amines) is 1. The molecule has 88 valence electrons. The summed E-state index contributed by atoms with van der Waals surface area (Å²) >= 11 is 0. The number of nitrogens with zero attached hydrogens (tertiary/aromatic N) is 1. The maximum Gasteiger partial charge on any atom is 0.129 e. The molecule has 0 N–H and O–H groups in total. The standard InChI is InChI=1S/C13H17F2N/c1-9(2)16-6-5-10(8-16)12-4-3-11(14)7-13(12)15/h3-4,7,9-10H,5-6,8H2,1-2H3. The van der Waals surface area contributed by atoms with E-state index in [0.29, 0.717) is 11.6 Å². The molecule has 0 aliphatic carbocycles. The van der Waals surface area contributed by atoms with Gasteiger partial charge >= 0.3 is 0 Å². The van der Waals surface area contributed by atoms with E-state index in [1.54, 1.807) is 6.07 Å². The summed E-state index contributed by atoms with van der Waals surface area (Å²) in [4.78, 5) is 2.33. The Hall–Kier alpha value is -0.960. The molecule has 0 bridgehead atoms. The SMILES string of the molecule is CC(C)N1CCC(c2ccc(F)cc2F)C1. The van der Waals surface area contributed by atoms with Gasteiger partial charge in [-0.15, -0.1) is 0 Å². The third-order valence-electron chi connectivity index (χ3n) is 3.35. The first-order chi connectivity index (χ1) is 7.58. The van der Waals surface area contributed by atoms with E-state index in [4.69, 9.17) is 0 Å². The van der Waals surface area contributed by atoms with Gasteiger partial charge in [0.2, 0.25) is 0 Å². The Bertz CT molecular complexity index is 376. The lowest BCUT2D eigenvalue weighted by Crippen LogP contribution is -2.28. The molecule has 0 amide bonds. The summed E-state index contributed by atoms with van der Waals surface area (Å²) in [5.74, 6) is -0.696. The Morgan fingerprint density at radius 1 is 1.31 bits per heavy atom. The van der Waals surface area contributed by atoms with Crippen LogP contribution in [0.5, 0.6) is 0 Å². The van der Waals surface area contributed by atoms with Gasteiger partial charge in [-0.3, -0.25) is 0 Å². The third-order valence-corrected chi connectivity index (χ3v) is 3.35. The molecule has 1 aromatic rings. The molecule has 0 aromatic heterocycles. The summed E-state index contributed by atoms with van der Waals surface area (Å²) in [6.07, 6.45) is 0.959. The largest absolute Gasteiger partial charge is 0.300 e. The normalized spacial score (nSPS) is 21.9. The summed E-state index contributed by atoms with van der Waals surface area (Å²) in [7, 11) is 0. The zero-order chi connectivity index (χ0) is 11.7. The van der Waals surface area contributed by atoms with E-state index in [1.165, 1.54) is 6.07 Å². The first kappa shape index (κ1) is 11.5. The fourth-order valence-electron chi connectivity index (χ4n) is 2.34. The minimum absolute atomic E-state index is 0.211. The van der Waals surface area contributed by atoms with Crippen molar-refractivity contribution in [2.45, 2.75) is 32.2 Å². The Morgan fingerprint density at radius 2 is 2.06 bits per heavy atom. The van der Waals surface area contributed by atoms with E-state index < -0.39 is 11.6 Å². The second-order valence-electron chi connectivity index (χ2n) is 4.74. The molecule has 3 heteroatoms. The molecule has 1 nitrogen and oxygen atoms in total. The monoisotopic (exact) mass is 225 g/mol. The molecule has 1 fully saturated rings. The van der Waals surface area contributed by atoms with E-state index in [2.05, 4.69) is 18.7 Å². The van der Waals surface area contributed by atoms with Crippen LogP contribution in [0.2, 0.25) is 0 Å². The van der Waals surface area contributed by atoms with Gasteiger partial charge in [0.05, 0.1) is 0 Å². The maximum atomic E-state index is 13.6. The molecule has 1 atom stereocenters. The van der Waals surface area contributed by atoms with E-state index in [-0.39, 0.29) is 5.92 Å². The Balaban J connectivity index is 2.14. The summed E-state index contributed by atoms with van der Waals surface area (Å²) in [6.45, 7) is 6.16. The van der Waals surface area contributed by atoms with Crippen molar-refractivity contribution in [1.82, 2.24) is 4.90 Å². The van der Waals surface area contributed by atoms with E-state index in [1.807, 2.05) is 0 Å². The molecule has 0 saturated carbocycles. The van der Waals surface area contributed by atoms with Gasteiger partial charge in [0.1, 0.15) is 11.6 Å². The zero-order valence-electron chi connectivity index (χ0n) is 9.71. The highest BCUT2D eigenvalue weighted by Gasteiger charge is 2.27. The second kappa shape index (κ2) is 4.50. The summed E-state index contributed by atoms with van der Waals surface area (Å²) in [5.41, 5.74) is 0.657. The van der Waals surface area contributed by atoms with Gasteiger partial charge in [-0.25, -0.2) is 8.78 Å². The van der Waals surface area contributed by atoms with Crippen molar-refractivity contribution in [1.29, 1.82) is 0 Å². The topological polar surface area (TPSA) is 3.24 Å². The molecule has 1 aliphatic rings. The first-order valence-corrected chi connectivity index (χ1v) is 5.77. The minimum Gasteiger partial charge on any atom is -0.300 e. The number of benzene rings is 1. The quantitative estimate of drug-likeness (QED) is 0.747. The van der Waals surface area contributed by atoms with Crippen molar-refractivity contribution in [3.05, 3.63) is 35.4 Å². The van der Waals surface area contributed by atoms with Gasteiger partial charge in [-0.1, -0.05) is 6.07 Å². The van der Waals surface area contributed by atoms with Gasteiger partial charge in [-0.2, -0.15) is 0 Å². The Morgan fingerprint density at radius 3 is 2.62 bits per heavy atom. The van der Waals surface area contributed by atoms with E-state index in [0.717, 1.165) is 25.6 Å². The Labute approximate surface area is 95.1 Å². The van der Waals surface area contributed by atoms with Crippen LogP contribution in [0.1, 0.15) is 31.7 Å². The van der Waals surface area contributed by atoms with Crippen LogP contribution in [0, 0.1) is 11.6 Å². The van der Waals surface area contributed by atoms with E-state index >= 15 is 0 Å². The lowest BCUT2D eigenvalue weighted by Gasteiger charge is -2.20. The van der Waals surface area contributed by atoms with Crippen LogP contribution in [-0.4, -0.2) is 24.0 Å². The molecule has 0 spiro atoms.